The first-order valence-electron chi connectivity index (χ1n) is 4.53. The van der Waals surface area contributed by atoms with Crippen molar-refractivity contribution in [3.05, 3.63) is 18.1 Å². The zero-order valence-corrected chi connectivity index (χ0v) is 8.32. The summed E-state index contributed by atoms with van der Waals surface area (Å²) in [5.74, 6) is 5.34. The van der Waals surface area contributed by atoms with Crippen LogP contribution < -0.4 is 11.5 Å². The number of rotatable bonds is 1. The van der Waals surface area contributed by atoms with Crippen LogP contribution in [0.15, 0.2) is 12.5 Å². The molecule has 6 nitrogen and oxygen atoms in total. The Labute approximate surface area is 91.1 Å². The molecule has 0 aliphatic heterocycles. The smallest absolute Gasteiger partial charge is 0.229 e. The van der Waals surface area contributed by atoms with Crippen LogP contribution in [0, 0.1) is 11.8 Å². The molecule has 0 fully saturated rings. The maximum absolute atomic E-state index is 10.5. The topological polar surface area (TPSA) is 111 Å². The summed E-state index contributed by atoms with van der Waals surface area (Å²) in [5.41, 5.74) is 12.0. The first kappa shape index (κ1) is 9.98. The number of carbonyl (C=O) groups excluding carboxylic acids is 1. The van der Waals surface area contributed by atoms with Gasteiger partial charge in [0.1, 0.15) is 17.8 Å². The van der Waals surface area contributed by atoms with Crippen molar-refractivity contribution in [1.82, 2.24) is 15.0 Å². The van der Waals surface area contributed by atoms with Crippen molar-refractivity contribution in [3.8, 4) is 11.8 Å². The van der Waals surface area contributed by atoms with E-state index in [9.17, 15) is 4.79 Å². The van der Waals surface area contributed by atoms with Crippen LogP contribution in [0.3, 0.4) is 0 Å². The van der Waals surface area contributed by atoms with Gasteiger partial charge in [0.15, 0.2) is 0 Å². The summed E-state index contributed by atoms with van der Waals surface area (Å²) in [5, 5.41) is 0.666. The molecule has 2 aromatic rings. The average Bonchev–Trinajstić information content (AvgIpc) is 2.62. The Balaban J connectivity index is 2.44. The highest BCUT2D eigenvalue weighted by atomic mass is 16.1. The Hall–Kier alpha value is -2.55. The third kappa shape index (κ3) is 1.79. The Kier molecular flexibility index (Phi) is 2.44. The minimum atomic E-state index is -0.462. The Morgan fingerprint density at radius 1 is 1.50 bits per heavy atom. The van der Waals surface area contributed by atoms with Gasteiger partial charge in [-0.2, -0.15) is 0 Å². The van der Waals surface area contributed by atoms with Gasteiger partial charge < -0.3 is 16.5 Å². The summed E-state index contributed by atoms with van der Waals surface area (Å²) < 4.78 is 0. The second-order valence-corrected chi connectivity index (χ2v) is 3.13. The van der Waals surface area contributed by atoms with Gasteiger partial charge >= 0.3 is 0 Å². The Bertz CT molecular complexity index is 604. The quantitative estimate of drug-likeness (QED) is 0.570. The zero-order valence-electron chi connectivity index (χ0n) is 8.32. The van der Waals surface area contributed by atoms with E-state index in [0.29, 0.717) is 22.4 Å². The lowest BCUT2D eigenvalue weighted by Crippen LogP contribution is -2.08. The van der Waals surface area contributed by atoms with Crippen molar-refractivity contribution in [2.45, 2.75) is 6.42 Å². The summed E-state index contributed by atoms with van der Waals surface area (Å²) >= 11 is 0. The molecular formula is C10H9N5O. The maximum Gasteiger partial charge on any atom is 0.229 e. The standard InChI is InChI=1S/C10H9N5O/c11-7(16)3-1-2-6-4-13-10-8(6)9(12)14-5-15-10/h4-5H,3H2,(H2,11,16)(H3,12,13,14,15). The van der Waals surface area contributed by atoms with Crippen LogP contribution in [-0.4, -0.2) is 20.9 Å². The van der Waals surface area contributed by atoms with Gasteiger partial charge in [-0.1, -0.05) is 11.8 Å². The van der Waals surface area contributed by atoms with Crippen LogP contribution in [0.5, 0.6) is 0 Å². The number of carbonyl (C=O) groups is 1. The number of nitrogen functional groups attached to an aromatic ring is 1. The third-order valence-electron chi connectivity index (χ3n) is 1.98. The number of H-pyrrole nitrogens is 1. The van der Waals surface area contributed by atoms with Crippen molar-refractivity contribution < 1.29 is 4.79 Å². The van der Waals surface area contributed by atoms with E-state index in [4.69, 9.17) is 11.5 Å². The van der Waals surface area contributed by atoms with E-state index in [1.165, 1.54) is 6.33 Å². The molecule has 0 radical (unpaired) electrons. The highest BCUT2D eigenvalue weighted by molar-refractivity contribution is 5.91. The Morgan fingerprint density at radius 3 is 3.06 bits per heavy atom. The van der Waals surface area contributed by atoms with Gasteiger partial charge in [-0.25, -0.2) is 9.97 Å². The highest BCUT2D eigenvalue weighted by Crippen LogP contribution is 2.19. The molecule has 0 saturated heterocycles. The highest BCUT2D eigenvalue weighted by Gasteiger charge is 2.06. The van der Waals surface area contributed by atoms with E-state index < -0.39 is 5.91 Å². The van der Waals surface area contributed by atoms with E-state index in [0.717, 1.165) is 0 Å². The molecule has 0 bridgehead atoms. The van der Waals surface area contributed by atoms with Crippen LogP contribution in [0.2, 0.25) is 0 Å². The first-order chi connectivity index (χ1) is 7.68. The van der Waals surface area contributed by atoms with Crippen LogP contribution in [0.1, 0.15) is 12.0 Å². The lowest BCUT2D eigenvalue weighted by atomic mass is 10.2. The predicted octanol–water partition coefficient (Wildman–Crippen LogP) is -0.233. The normalized spacial score (nSPS) is 9.75. The van der Waals surface area contributed by atoms with Gasteiger partial charge in [-0.15, -0.1) is 0 Å². The number of nitrogens with two attached hydrogens (primary N) is 2. The van der Waals surface area contributed by atoms with E-state index in [1.54, 1.807) is 6.20 Å². The van der Waals surface area contributed by atoms with Crippen LogP contribution in [0.25, 0.3) is 11.0 Å². The molecule has 2 rings (SSSR count). The molecule has 0 saturated carbocycles. The molecule has 80 valence electrons. The van der Waals surface area contributed by atoms with Crippen LogP contribution >= 0.6 is 0 Å². The van der Waals surface area contributed by atoms with E-state index >= 15 is 0 Å². The number of nitrogens with one attached hydrogen (secondary N) is 1. The number of hydrogen-bond donors (Lipinski definition) is 3. The summed E-state index contributed by atoms with van der Waals surface area (Å²) in [6, 6.07) is 0. The summed E-state index contributed by atoms with van der Waals surface area (Å²) in [6.07, 6.45) is 3.05. The largest absolute Gasteiger partial charge is 0.383 e. The van der Waals surface area contributed by atoms with E-state index in [-0.39, 0.29) is 6.42 Å². The number of amides is 1. The molecule has 5 N–H and O–H groups in total. The monoisotopic (exact) mass is 215 g/mol. The number of primary amides is 1. The van der Waals surface area contributed by atoms with Crippen molar-refractivity contribution in [1.29, 1.82) is 0 Å². The summed E-state index contributed by atoms with van der Waals surface area (Å²) in [6.45, 7) is 0. The molecule has 2 heterocycles. The van der Waals surface area contributed by atoms with Gasteiger partial charge in [0.05, 0.1) is 17.4 Å². The fourth-order valence-corrected chi connectivity index (χ4v) is 1.31. The minimum absolute atomic E-state index is 0.0142. The van der Waals surface area contributed by atoms with Crippen molar-refractivity contribution in [3.63, 3.8) is 0 Å². The minimum Gasteiger partial charge on any atom is -0.383 e. The van der Waals surface area contributed by atoms with Crippen molar-refractivity contribution in [2.75, 3.05) is 5.73 Å². The number of fused-ring (bicyclic) bond motifs is 1. The number of hydrogen-bond acceptors (Lipinski definition) is 4. The summed E-state index contributed by atoms with van der Waals surface area (Å²) in [7, 11) is 0. The average molecular weight is 215 g/mol. The molecule has 2 aromatic heterocycles. The Morgan fingerprint density at radius 2 is 2.31 bits per heavy atom. The second-order valence-electron chi connectivity index (χ2n) is 3.13. The van der Waals surface area contributed by atoms with Gasteiger partial charge in [0.25, 0.3) is 0 Å². The fraction of sp³-hybridized carbons (Fsp3) is 0.100. The molecule has 0 spiro atoms. The van der Waals surface area contributed by atoms with Gasteiger partial charge in [-0.05, 0) is 0 Å². The fourth-order valence-electron chi connectivity index (χ4n) is 1.31. The SMILES string of the molecule is NC(=O)CC#Cc1c[nH]c2ncnc(N)c12. The van der Waals surface area contributed by atoms with Gasteiger partial charge in [0.2, 0.25) is 5.91 Å². The molecule has 0 atom stereocenters. The number of aromatic nitrogens is 3. The molecule has 6 heteroatoms. The summed E-state index contributed by atoms with van der Waals surface area (Å²) in [4.78, 5) is 21.3. The van der Waals surface area contributed by atoms with E-state index in [1.807, 2.05) is 0 Å². The maximum atomic E-state index is 10.5. The number of aromatic amines is 1. The molecule has 16 heavy (non-hydrogen) atoms. The molecule has 0 aliphatic carbocycles. The first-order valence-corrected chi connectivity index (χ1v) is 4.53. The van der Waals surface area contributed by atoms with Crippen LogP contribution in [-0.2, 0) is 4.79 Å². The van der Waals surface area contributed by atoms with Crippen LogP contribution in [0.4, 0.5) is 5.82 Å². The molecule has 1 amide bonds. The molecule has 0 aromatic carbocycles. The zero-order chi connectivity index (χ0) is 11.5. The van der Waals surface area contributed by atoms with E-state index in [2.05, 4.69) is 26.8 Å². The lowest BCUT2D eigenvalue weighted by Gasteiger charge is -1.93. The number of anilines is 1. The third-order valence-corrected chi connectivity index (χ3v) is 1.98. The molecule has 0 unspecified atom stereocenters. The second kappa shape index (κ2) is 3.90. The van der Waals surface area contributed by atoms with Gasteiger partial charge in [-0.3, -0.25) is 4.79 Å². The van der Waals surface area contributed by atoms with Crippen molar-refractivity contribution in [2.24, 2.45) is 5.73 Å². The van der Waals surface area contributed by atoms with Gasteiger partial charge in [0, 0.05) is 6.20 Å². The molecular weight excluding hydrogens is 206 g/mol. The van der Waals surface area contributed by atoms with Crippen molar-refractivity contribution >= 4 is 22.8 Å². The number of nitrogens with zero attached hydrogens (tertiary/aromatic N) is 2. The lowest BCUT2D eigenvalue weighted by molar-refractivity contribution is -0.117. The molecule has 0 aliphatic rings. The predicted molar refractivity (Wildman–Crippen MR) is 59.0 cm³/mol.